The van der Waals surface area contributed by atoms with Gasteiger partial charge in [0.15, 0.2) is 24.5 Å². The van der Waals surface area contributed by atoms with Crippen LogP contribution in [-0.4, -0.2) is 79.7 Å². The quantitative estimate of drug-likeness (QED) is 0.297. The molecule has 0 amide bonds. The van der Waals surface area contributed by atoms with Gasteiger partial charge in [-0.1, -0.05) is 0 Å². The first-order valence-corrected chi connectivity index (χ1v) is 10.8. The van der Waals surface area contributed by atoms with Crippen molar-refractivity contribution in [2.75, 3.05) is 6.61 Å². The van der Waals surface area contributed by atoms with E-state index in [-0.39, 0.29) is 0 Å². The lowest BCUT2D eigenvalue weighted by atomic mass is 9.97. The molecular formula is C17H24N4O11S. The van der Waals surface area contributed by atoms with E-state index < -0.39 is 83.0 Å². The number of nitrogens with zero attached hydrogens (tertiary/aromatic N) is 2. The first-order valence-electron chi connectivity index (χ1n) is 9.40. The number of nitrogens with two attached hydrogens (primary N) is 2. The maximum Gasteiger partial charge on any atom is 0.350 e. The highest BCUT2D eigenvalue weighted by Gasteiger charge is 2.56. The molecule has 4 N–H and O–H groups in total. The number of rotatable bonds is 6. The lowest BCUT2D eigenvalue weighted by molar-refractivity contribution is -0.267. The Balaban J connectivity index is 2.64. The van der Waals surface area contributed by atoms with Crippen LogP contribution in [0.25, 0.3) is 0 Å². The molecule has 0 saturated carbocycles. The molecule has 2 aliphatic rings. The Morgan fingerprint density at radius 3 is 1.94 bits per heavy atom. The van der Waals surface area contributed by atoms with Gasteiger partial charge in [0.05, 0.1) is 0 Å². The second-order valence-electron chi connectivity index (χ2n) is 6.95. The standard InChI is InChI=1S/C17H24N4O11S/c1-7(22)28-6-11-14(29-8(2)23)15(30-9(3)24)16(31-10(4)25)17(32-11)21-13(19)5-12(18)20-33(21,26)27/h5,11,14-17H,6,19H2,1-4H3,(H2,18,20)/t11-,14-,15+,16-,17-/m1/s1. The molecular weight excluding hydrogens is 468 g/mol. The molecule has 0 radical (unpaired) electrons. The molecule has 15 nitrogen and oxygen atoms in total. The minimum Gasteiger partial charge on any atom is -0.463 e. The zero-order valence-electron chi connectivity index (χ0n) is 18.1. The van der Waals surface area contributed by atoms with Crippen LogP contribution in [0, 0.1) is 0 Å². The Morgan fingerprint density at radius 2 is 1.45 bits per heavy atom. The van der Waals surface area contributed by atoms with Crippen molar-refractivity contribution in [1.29, 1.82) is 0 Å². The van der Waals surface area contributed by atoms with Crippen molar-refractivity contribution >= 4 is 39.9 Å². The van der Waals surface area contributed by atoms with Gasteiger partial charge in [0.25, 0.3) is 0 Å². The van der Waals surface area contributed by atoms with Crippen LogP contribution in [-0.2, 0) is 53.1 Å². The normalized spacial score (nSPS) is 28.6. The SMILES string of the molecule is CC(=O)OC[C@H]1O[C@@H](N2C(N)=CC(N)=NS2(=O)=O)[C@H](OC(C)=O)[C@@H](OC(C)=O)[C@@H]1OC(C)=O. The maximum atomic E-state index is 12.7. The summed E-state index contributed by atoms with van der Waals surface area (Å²) in [5.74, 6) is -4.24. The van der Waals surface area contributed by atoms with Gasteiger partial charge in [-0.15, -0.1) is 4.40 Å². The van der Waals surface area contributed by atoms with Gasteiger partial charge in [-0.25, -0.2) is 4.31 Å². The van der Waals surface area contributed by atoms with Crippen LogP contribution in [0.2, 0.25) is 0 Å². The molecule has 0 bridgehead atoms. The molecule has 1 fully saturated rings. The van der Waals surface area contributed by atoms with E-state index in [0.717, 1.165) is 33.8 Å². The Morgan fingerprint density at radius 1 is 0.939 bits per heavy atom. The van der Waals surface area contributed by atoms with Crippen molar-refractivity contribution in [1.82, 2.24) is 4.31 Å². The molecule has 2 rings (SSSR count). The van der Waals surface area contributed by atoms with E-state index in [1.807, 2.05) is 0 Å². The minimum atomic E-state index is -4.61. The summed E-state index contributed by atoms with van der Waals surface area (Å²) in [5, 5.41) is 0. The highest BCUT2D eigenvalue weighted by atomic mass is 32.2. The molecule has 33 heavy (non-hydrogen) atoms. The summed E-state index contributed by atoms with van der Waals surface area (Å²) < 4.78 is 55.6. The van der Waals surface area contributed by atoms with Crippen LogP contribution in [0.4, 0.5) is 0 Å². The van der Waals surface area contributed by atoms with E-state index in [4.69, 9.17) is 35.2 Å². The van der Waals surface area contributed by atoms with Gasteiger partial charge in [0, 0.05) is 33.8 Å². The smallest absolute Gasteiger partial charge is 0.350 e. The van der Waals surface area contributed by atoms with Crippen molar-refractivity contribution in [3.63, 3.8) is 0 Å². The Labute approximate surface area is 188 Å². The summed E-state index contributed by atoms with van der Waals surface area (Å²) in [6, 6.07) is 0. The summed E-state index contributed by atoms with van der Waals surface area (Å²) in [6.45, 7) is 3.64. The number of hydrogen-bond acceptors (Lipinski definition) is 13. The fraction of sp³-hybridized carbons (Fsp3) is 0.588. The first kappa shape index (κ1) is 25.9. The Kier molecular flexibility index (Phi) is 7.86. The lowest BCUT2D eigenvalue weighted by Gasteiger charge is -2.47. The highest BCUT2D eigenvalue weighted by molar-refractivity contribution is 7.88. The third kappa shape index (κ3) is 6.32. The highest BCUT2D eigenvalue weighted by Crippen LogP contribution is 2.34. The Bertz CT molecular complexity index is 993. The number of carbonyl (C=O) groups is 4. The molecule has 0 spiro atoms. The number of esters is 4. The van der Waals surface area contributed by atoms with Crippen molar-refractivity contribution in [2.45, 2.75) is 58.3 Å². The minimum absolute atomic E-state index is 0.422. The summed E-state index contributed by atoms with van der Waals surface area (Å²) in [5.41, 5.74) is 11.3. The van der Waals surface area contributed by atoms with E-state index in [1.54, 1.807) is 0 Å². The van der Waals surface area contributed by atoms with Crippen LogP contribution in [0.15, 0.2) is 16.3 Å². The topological polar surface area (TPSA) is 216 Å². The molecule has 2 aliphatic heterocycles. The van der Waals surface area contributed by atoms with E-state index in [1.165, 1.54) is 0 Å². The van der Waals surface area contributed by atoms with Crippen LogP contribution in [0.3, 0.4) is 0 Å². The maximum absolute atomic E-state index is 12.7. The van der Waals surface area contributed by atoms with Crippen molar-refractivity contribution in [2.24, 2.45) is 15.9 Å². The fourth-order valence-corrected chi connectivity index (χ4v) is 4.38. The second kappa shape index (κ2) is 10.0. The number of ether oxygens (including phenoxy) is 5. The Hall–Kier alpha value is -3.40. The number of carbonyl (C=O) groups excluding carboxylic acids is 4. The van der Waals surface area contributed by atoms with Gasteiger partial charge in [-0.3, -0.25) is 19.2 Å². The second-order valence-corrected chi connectivity index (χ2v) is 8.42. The molecule has 16 heteroatoms. The fourth-order valence-electron chi connectivity index (χ4n) is 3.22. The number of amidine groups is 1. The predicted molar refractivity (Wildman–Crippen MR) is 107 cm³/mol. The third-order valence-electron chi connectivity index (χ3n) is 4.22. The van der Waals surface area contributed by atoms with Gasteiger partial charge in [0.2, 0.25) is 0 Å². The summed E-state index contributed by atoms with van der Waals surface area (Å²) >= 11 is 0. The van der Waals surface area contributed by atoms with Crippen molar-refractivity contribution in [3.05, 3.63) is 11.9 Å². The van der Waals surface area contributed by atoms with Gasteiger partial charge >= 0.3 is 34.1 Å². The molecule has 0 aromatic heterocycles. The average molecular weight is 492 g/mol. The van der Waals surface area contributed by atoms with Gasteiger partial charge in [-0.05, 0) is 0 Å². The van der Waals surface area contributed by atoms with E-state index in [9.17, 15) is 27.6 Å². The lowest BCUT2D eigenvalue weighted by Crippen LogP contribution is -2.67. The summed E-state index contributed by atoms with van der Waals surface area (Å²) in [6.07, 6.45) is -6.86. The zero-order valence-corrected chi connectivity index (χ0v) is 18.9. The average Bonchev–Trinajstić information content (AvgIpc) is 2.62. The van der Waals surface area contributed by atoms with E-state index in [0.29, 0.717) is 4.31 Å². The van der Waals surface area contributed by atoms with Gasteiger partial charge < -0.3 is 35.2 Å². The van der Waals surface area contributed by atoms with Crippen LogP contribution in [0.1, 0.15) is 27.7 Å². The molecule has 0 aromatic rings. The monoisotopic (exact) mass is 492 g/mol. The molecule has 0 unspecified atom stereocenters. The van der Waals surface area contributed by atoms with E-state index in [2.05, 4.69) is 4.40 Å². The summed E-state index contributed by atoms with van der Waals surface area (Å²) in [4.78, 5) is 46.7. The van der Waals surface area contributed by atoms with Crippen LogP contribution in [0.5, 0.6) is 0 Å². The van der Waals surface area contributed by atoms with Gasteiger partial charge in [-0.2, -0.15) is 8.42 Å². The molecule has 1 saturated heterocycles. The third-order valence-corrected chi connectivity index (χ3v) is 5.57. The van der Waals surface area contributed by atoms with Crippen molar-refractivity contribution in [3.8, 4) is 0 Å². The molecule has 184 valence electrons. The largest absolute Gasteiger partial charge is 0.463 e. The zero-order chi connectivity index (χ0) is 25.1. The molecule has 5 atom stereocenters. The molecule has 0 aliphatic carbocycles. The van der Waals surface area contributed by atoms with Crippen LogP contribution >= 0.6 is 0 Å². The predicted octanol–water partition coefficient (Wildman–Crippen LogP) is -2.21. The first-order chi connectivity index (χ1) is 15.2. The number of hydrogen-bond donors (Lipinski definition) is 2. The molecule has 2 heterocycles. The van der Waals surface area contributed by atoms with E-state index >= 15 is 0 Å². The molecule has 0 aromatic carbocycles. The van der Waals surface area contributed by atoms with Crippen LogP contribution < -0.4 is 11.5 Å². The van der Waals surface area contributed by atoms with Crippen molar-refractivity contribution < 1.29 is 51.3 Å². The van der Waals surface area contributed by atoms with Gasteiger partial charge in [0.1, 0.15) is 24.4 Å². The summed E-state index contributed by atoms with van der Waals surface area (Å²) in [7, 11) is -4.61.